The van der Waals surface area contributed by atoms with E-state index in [9.17, 15) is 4.79 Å². The number of pyridine rings is 1. The Balaban J connectivity index is 1.95. The van der Waals surface area contributed by atoms with Crippen LogP contribution in [0.5, 0.6) is 0 Å². The van der Waals surface area contributed by atoms with Gasteiger partial charge in [-0.1, -0.05) is 0 Å². The van der Waals surface area contributed by atoms with E-state index < -0.39 is 0 Å². The first-order valence-corrected chi connectivity index (χ1v) is 8.39. The van der Waals surface area contributed by atoms with Gasteiger partial charge in [0, 0.05) is 25.0 Å². The Morgan fingerprint density at radius 3 is 2.84 bits per heavy atom. The molecular weight excluding hydrogens is 318 g/mol. The zero-order valence-corrected chi connectivity index (χ0v) is 15.0. The van der Waals surface area contributed by atoms with E-state index >= 15 is 0 Å². The molecule has 0 aromatic carbocycles. The molecule has 0 aliphatic heterocycles. The molecule has 0 bridgehead atoms. The minimum absolute atomic E-state index is 0.195. The van der Waals surface area contributed by atoms with Crippen LogP contribution in [0.2, 0.25) is 0 Å². The summed E-state index contributed by atoms with van der Waals surface area (Å²) in [5.74, 6) is -0.302. The molecule has 0 saturated heterocycles. The van der Waals surface area contributed by atoms with Gasteiger partial charge in [-0.25, -0.2) is 4.79 Å². The second kappa shape index (κ2) is 7.11. The van der Waals surface area contributed by atoms with Crippen LogP contribution in [0, 0.1) is 6.92 Å². The standard InChI is InChI=1S/C19H23N3O3/c1-5-24-19(23)17-11-15-7-6-10-22(15)18(13(17)2)14(3)25-12-16-8-9-20-21(16)4/h6-11,14H,5,12H2,1-4H3. The molecule has 3 heterocycles. The molecule has 0 saturated carbocycles. The van der Waals surface area contributed by atoms with Gasteiger partial charge in [0.2, 0.25) is 0 Å². The van der Waals surface area contributed by atoms with Gasteiger partial charge in [-0.2, -0.15) is 5.10 Å². The van der Waals surface area contributed by atoms with Crippen molar-refractivity contribution in [3.63, 3.8) is 0 Å². The van der Waals surface area contributed by atoms with E-state index in [1.165, 1.54) is 0 Å². The first-order chi connectivity index (χ1) is 12.0. The number of hydrogen-bond donors (Lipinski definition) is 0. The van der Waals surface area contributed by atoms with Crippen LogP contribution in [-0.2, 0) is 23.1 Å². The minimum Gasteiger partial charge on any atom is -0.462 e. The number of fused-ring (bicyclic) bond motifs is 1. The lowest BCUT2D eigenvalue weighted by Crippen LogP contribution is -2.14. The van der Waals surface area contributed by atoms with Crippen LogP contribution in [0.15, 0.2) is 36.7 Å². The predicted molar refractivity (Wildman–Crippen MR) is 94.5 cm³/mol. The first-order valence-electron chi connectivity index (χ1n) is 8.39. The first kappa shape index (κ1) is 17.2. The highest BCUT2D eigenvalue weighted by Crippen LogP contribution is 2.27. The third-order valence-corrected chi connectivity index (χ3v) is 4.40. The maximum absolute atomic E-state index is 12.3. The Hall–Kier alpha value is -2.60. The van der Waals surface area contributed by atoms with Crippen LogP contribution >= 0.6 is 0 Å². The maximum Gasteiger partial charge on any atom is 0.338 e. The third-order valence-electron chi connectivity index (χ3n) is 4.40. The third kappa shape index (κ3) is 3.30. The fraction of sp³-hybridized carbons (Fsp3) is 0.368. The van der Waals surface area contributed by atoms with E-state index in [2.05, 4.69) is 9.50 Å². The van der Waals surface area contributed by atoms with Crippen LogP contribution < -0.4 is 0 Å². The average molecular weight is 341 g/mol. The van der Waals surface area contributed by atoms with Crippen LogP contribution in [0.25, 0.3) is 5.52 Å². The molecule has 0 aliphatic carbocycles. The number of ether oxygens (including phenoxy) is 2. The van der Waals surface area contributed by atoms with E-state index in [-0.39, 0.29) is 12.1 Å². The van der Waals surface area contributed by atoms with Crippen molar-refractivity contribution in [1.82, 2.24) is 14.2 Å². The Labute approximate surface area is 147 Å². The molecule has 1 unspecified atom stereocenters. The molecule has 0 amide bonds. The lowest BCUT2D eigenvalue weighted by atomic mass is 10.0. The van der Waals surface area contributed by atoms with Gasteiger partial charge < -0.3 is 13.9 Å². The van der Waals surface area contributed by atoms with Gasteiger partial charge in [-0.3, -0.25) is 4.68 Å². The summed E-state index contributed by atoms with van der Waals surface area (Å²) in [5, 5.41) is 4.15. The van der Waals surface area contributed by atoms with Gasteiger partial charge in [0.25, 0.3) is 0 Å². The molecule has 6 heteroatoms. The van der Waals surface area contributed by atoms with E-state index in [0.717, 1.165) is 22.5 Å². The second-order valence-electron chi connectivity index (χ2n) is 5.99. The molecule has 6 nitrogen and oxygen atoms in total. The van der Waals surface area contributed by atoms with Gasteiger partial charge in [-0.15, -0.1) is 0 Å². The molecule has 0 radical (unpaired) electrons. The highest BCUT2D eigenvalue weighted by atomic mass is 16.5. The van der Waals surface area contributed by atoms with Gasteiger partial charge in [0.05, 0.1) is 36.3 Å². The van der Waals surface area contributed by atoms with Gasteiger partial charge >= 0.3 is 5.97 Å². The van der Waals surface area contributed by atoms with E-state index in [1.807, 2.05) is 58.3 Å². The smallest absolute Gasteiger partial charge is 0.338 e. The van der Waals surface area contributed by atoms with E-state index in [4.69, 9.17) is 9.47 Å². The van der Waals surface area contributed by atoms with Crippen molar-refractivity contribution in [2.45, 2.75) is 33.5 Å². The number of hydrogen-bond acceptors (Lipinski definition) is 4. The Morgan fingerprint density at radius 2 is 2.16 bits per heavy atom. The zero-order chi connectivity index (χ0) is 18.0. The van der Waals surface area contributed by atoms with Gasteiger partial charge in [-0.05, 0) is 50.6 Å². The second-order valence-corrected chi connectivity index (χ2v) is 5.99. The quantitative estimate of drug-likeness (QED) is 0.645. The maximum atomic E-state index is 12.3. The number of carbonyl (C=O) groups is 1. The van der Waals surface area contributed by atoms with Crippen molar-refractivity contribution < 1.29 is 14.3 Å². The van der Waals surface area contributed by atoms with Crippen molar-refractivity contribution >= 4 is 11.5 Å². The van der Waals surface area contributed by atoms with Gasteiger partial charge in [0.15, 0.2) is 0 Å². The van der Waals surface area contributed by atoms with Crippen molar-refractivity contribution in [3.8, 4) is 0 Å². The van der Waals surface area contributed by atoms with Crippen LogP contribution in [0.1, 0.15) is 47.3 Å². The molecule has 3 aromatic heterocycles. The molecule has 0 N–H and O–H groups in total. The fourth-order valence-corrected chi connectivity index (χ4v) is 3.06. The summed E-state index contributed by atoms with van der Waals surface area (Å²) >= 11 is 0. The van der Waals surface area contributed by atoms with E-state index in [0.29, 0.717) is 18.8 Å². The SMILES string of the molecule is CCOC(=O)c1cc2cccn2c(C(C)OCc2ccnn2C)c1C. The summed E-state index contributed by atoms with van der Waals surface area (Å²) in [7, 11) is 1.89. The summed E-state index contributed by atoms with van der Waals surface area (Å²) in [6, 6.07) is 7.73. The van der Waals surface area contributed by atoms with Crippen LogP contribution in [-0.4, -0.2) is 26.8 Å². The fourth-order valence-electron chi connectivity index (χ4n) is 3.06. The lowest BCUT2D eigenvalue weighted by molar-refractivity contribution is 0.0442. The van der Waals surface area contributed by atoms with Crippen LogP contribution in [0.4, 0.5) is 0 Å². The molecule has 0 fully saturated rings. The zero-order valence-electron chi connectivity index (χ0n) is 15.0. The molecule has 3 rings (SSSR count). The monoisotopic (exact) mass is 341 g/mol. The summed E-state index contributed by atoms with van der Waals surface area (Å²) in [4.78, 5) is 12.3. The van der Waals surface area contributed by atoms with Gasteiger partial charge in [0.1, 0.15) is 0 Å². The minimum atomic E-state index is -0.302. The normalized spacial score (nSPS) is 12.5. The van der Waals surface area contributed by atoms with E-state index in [1.54, 1.807) is 10.9 Å². The molecule has 132 valence electrons. The molecule has 0 spiro atoms. The highest BCUT2D eigenvalue weighted by molar-refractivity contribution is 5.92. The number of rotatable bonds is 6. The van der Waals surface area contributed by atoms with Crippen molar-refractivity contribution in [1.29, 1.82) is 0 Å². The lowest BCUT2D eigenvalue weighted by Gasteiger charge is -2.20. The summed E-state index contributed by atoms with van der Waals surface area (Å²) < 4.78 is 15.1. The summed E-state index contributed by atoms with van der Waals surface area (Å²) in [6.07, 6.45) is 3.54. The number of nitrogens with zero attached hydrogens (tertiary/aromatic N) is 3. The Kier molecular flexibility index (Phi) is 4.90. The van der Waals surface area contributed by atoms with Crippen molar-refractivity contribution in [3.05, 3.63) is 59.2 Å². The summed E-state index contributed by atoms with van der Waals surface area (Å²) in [6.45, 7) is 6.54. The molecule has 1 atom stereocenters. The van der Waals surface area contributed by atoms with Crippen LogP contribution in [0.3, 0.4) is 0 Å². The van der Waals surface area contributed by atoms with Crippen molar-refractivity contribution in [2.75, 3.05) is 6.61 Å². The van der Waals surface area contributed by atoms with Crippen molar-refractivity contribution in [2.24, 2.45) is 7.05 Å². The topological polar surface area (TPSA) is 57.8 Å². The Bertz CT molecular complexity index is 895. The largest absolute Gasteiger partial charge is 0.462 e. The molecule has 0 aliphatic rings. The molecular formula is C19H23N3O3. The predicted octanol–water partition coefficient (Wildman–Crippen LogP) is 3.44. The average Bonchev–Trinajstić information content (AvgIpc) is 3.20. The number of aryl methyl sites for hydroxylation is 1. The number of carbonyl (C=O) groups excluding carboxylic acids is 1. The molecule has 3 aromatic rings. The highest BCUT2D eigenvalue weighted by Gasteiger charge is 2.21. The Morgan fingerprint density at radius 1 is 1.36 bits per heavy atom. The number of aromatic nitrogens is 3. The molecule has 25 heavy (non-hydrogen) atoms. The summed E-state index contributed by atoms with van der Waals surface area (Å²) in [5.41, 5.74) is 4.35. The number of esters is 1.